The Bertz CT molecular complexity index is 956. The fourth-order valence-corrected chi connectivity index (χ4v) is 3.91. The van der Waals surface area contributed by atoms with E-state index in [4.69, 9.17) is 9.47 Å². The lowest BCUT2D eigenvalue weighted by Gasteiger charge is -2.11. The van der Waals surface area contributed by atoms with Gasteiger partial charge in [-0.25, -0.2) is 0 Å². The van der Waals surface area contributed by atoms with E-state index < -0.39 is 0 Å². The van der Waals surface area contributed by atoms with Crippen LogP contribution in [0, 0.1) is 0 Å². The summed E-state index contributed by atoms with van der Waals surface area (Å²) in [5.41, 5.74) is 2.24. The molecule has 2 nitrogen and oxygen atoms in total. The molecule has 4 rings (SSSR count). The largest absolute Gasteiger partial charge is 0.496 e. The zero-order chi connectivity index (χ0) is 17.1. The summed E-state index contributed by atoms with van der Waals surface area (Å²) in [6, 6.07) is 26.8. The van der Waals surface area contributed by atoms with Crippen LogP contribution in [-0.4, -0.2) is 7.11 Å². The topological polar surface area (TPSA) is 18.5 Å². The third-order valence-electron chi connectivity index (χ3n) is 4.11. The Labute approximate surface area is 151 Å². The van der Waals surface area contributed by atoms with Crippen molar-refractivity contribution in [3.63, 3.8) is 0 Å². The molecule has 0 amide bonds. The van der Waals surface area contributed by atoms with E-state index >= 15 is 0 Å². The van der Waals surface area contributed by atoms with Crippen molar-refractivity contribution in [3.8, 4) is 21.9 Å². The summed E-state index contributed by atoms with van der Waals surface area (Å²) in [5, 5.41) is 1.26. The van der Waals surface area contributed by atoms with Gasteiger partial charge in [0, 0.05) is 21.2 Å². The number of hydrogen-bond acceptors (Lipinski definition) is 3. The molecule has 0 N–H and O–H groups in total. The maximum atomic E-state index is 5.91. The summed E-state index contributed by atoms with van der Waals surface area (Å²) < 4.78 is 12.8. The van der Waals surface area contributed by atoms with Crippen molar-refractivity contribution in [2.45, 2.75) is 6.61 Å². The fraction of sp³-hybridized carbons (Fsp3) is 0.0909. The second-order valence-electron chi connectivity index (χ2n) is 5.78. The first-order valence-corrected chi connectivity index (χ1v) is 8.99. The van der Waals surface area contributed by atoms with Crippen molar-refractivity contribution < 1.29 is 9.47 Å². The molecule has 0 spiro atoms. The lowest BCUT2D eigenvalue weighted by Crippen LogP contribution is -1.96. The Hall–Kier alpha value is -2.78. The van der Waals surface area contributed by atoms with Gasteiger partial charge < -0.3 is 9.47 Å². The molecule has 0 unspecified atom stereocenters. The van der Waals surface area contributed by atoms with Crippen LogP contribution in [0.15, 0.2) is 78.9 Å². The Morgan fingerprint density at radius 2 is 1.64 bits per heavy atom. The first-order valence-electron chi connectivity index (χ1n) is 8.17. The highest BCUT2D eigenvalue weighted by Crippen LogP contribution is 2.39. The van der Waals surface area contributed by atoms with Gasteiger partial charge >= 0.3 is 0 Å². The third kappa shape index (κ3) is 3.37. The van der Waals surface area contributed by atoms with Crippen molar-refractivity contribution in [2.24, 2.45) is 0 Å². The molecule has 0 fully saturated rings. The lowest BCUT2D eigenvalue weighted by molar-refractivity contribution is 0.304. The van der Waals surface area contributed by atoms with E-state index in [1.165, 1.54) is 15.0 Å². The molecule has 3 heteroatoms. The predicted octanol–water partition coefficient (Wildman–Crippen LogP) is 6.16. The highest BCUT2D eigenvalue weighted by molar-refractivity contribution is 7.22. The zero-order valence-electron chi connectivity index (χ0n) is 13.9. The van der Waals surface area contributed by atoms with Crippen LogP contribution in [0.2, 0.25) is 0 Å². The zero-order valence-corrected chi connectivity index (χ0v) is 14.8. The first kappa shape index (κ1) is 15.7. The maximum Gasteiger partial charge on any atom is 0.131 e. The van der Waals surface area contributed by atoms with E-state index in [-0.39, 0.29) is 0 Å². The van der Waals surface area contributed by atoms with Gasteiger partial charge in [0.15, 0.2) is 0 Å². The molecule has 1 aromatic heterocycles. The Kier molecular flexibility index (Phi) is 4.40. The standard InChI is InChI=1S/C22H18O2S/c1-23-20-14-18(24-15-16-7-3-2-4-8-16)11-12-19(20)22-13-17-9-5-6-10-21(17)25-22/h2-14H,15H2,1H3. The third-order valence-corrected chi connectivity index (χ3v) is 5.26. The minimum absolute atomic E-state index is 0.548. The Morgan fingerprint density at radius 3 is 2.44 bits per heavy atom. The van der Waals surface area contributed by atoms with Crippen LogP contribution < -0.4 is 9.47 Å². The molecule has 124 valence electrons. The lowest BCUT2D eigenvalue weighted by atomic mass is 10.1. The van der Waals surface area contributed by atoms with Crippen molar-refractivity contribution in [1.29, 1.82) is 0 Å². The van der Waals surface area contributed by atoms with Crippen molar-refractivity contribution >= 4 is 21.4 Å². The van der Waals surface area contributed by atoms with Crippen LogP contribution in [0.1, 0.15) is 5.56 Å². The minimum Gasteiger partial charge on any atom is -0.496 e. The number of ether oxygens (including phenoxy) is 2. The van der Waals surface area contributed by atoms with E-state index in [1.54, 1.807) is 18.4 Å². The highest BCUT2D eigenvalue weighted by atomic mass is 32.1. The second kappa shape index (κ2) is 6.99. The van der Waals surface area contributed by atoms with Crippen LogP contribution >= 0.6 is 11.3 Å². The fourth-order valence-electron chi connectivity index (χ4n) is 2.82. The quantitative estimate of drug-likeness (QED) is 0.431. The van der Waals surface area contributed by atoms with E-state index in [2.05, 4.69) is 48.5 Å². The highest BCUT2D eigenvalue weighted by Gasteiger charge is 2.11. The molecular weight excluding hydrogens is 328 g/mol. The molecule has 0 bridgehead atoms. The molecule has 0 saturated heterocycles. The van der Waals surface area contributed by atoms with Gasteiger partial charge in [0.1, 0.15) is 18.1 Å². The Balaban J connectivity index is 1.61. The first-order chi connectivity index (χ1) is 12.3. The van der Waals surface area contributed by atoms with Crippen molar-refractivity contribution in [1.82, 2.24) is 0 Å². The van der Waals surface area contributed by atoms with E-state index in [0.717, 1.165) is 22.6 Å². The van der Waals surface area contributed by atoms with Gasteiger partial charge in [-0.1, -0.05) is 48.5 Å². The summed E-state index contributed by atoms with van der Waals surface area (Å²) in [6.45, 7) is 0.548. The number of methoxy groups -OCH3 is 1. The monoisotopic (exact) mass is 346 g/mol. The predicted molar refractivity (Wildman–Crippen MR) is 105 cm³/mol. The summed E-state index contributed by atoms with van der Waals surface area (Å²) in [4.78, 5) is 1.20. The van der Waals surface area contributed by atoms with Crippen LogP contribution in [0.4, 0.5) is 0 Å². The van der Waals surface area contributed by atoms with Gasteiger partial charge in [-0.15, -0.1) is 11.3 Å². The average Bonchev–Trinajstić information content (AvgIpc) is 3.11. The SMILES string of the molecule is COc1cc(OCc2ccccc2)ccc1-c1cc2ccccc2s1. The molecule has 0 saturated carbocycles. The van der Waals surface area contributed by atoms with E-state index in [0.29, 0.717) is 6.61 Å². The number of thiophene rings is 1. The number of benzene rings is 3. The average molecular weight is 346 g/mol. The molecule has 3 aromatic carbocycles. The second-order valence-corrected chi connectivity index (χ2v) is 6.87. The maximum absolute atomic E-state index is 5.91. The smallest absolute Gasteiger partial charge is 0.131 e. The minimum atomic E-state index is 0.548. The molecule has 4 aromatic rings. The van der Waals surface area contributed by atoms with E-state index in [1.807, 2.05) is 30.3 Å². The van der Waals surface area contributed by atoms with Crippen LogP contribution in [-0.2, 0) is 6.61 Å². The van der Waals surface area contributed by atoms with Crippen molar-refractivity contribution in [3.05, 3.63) is 84.4 Å². The van der Waals surface area contributed by atoms with Crippen molar-refractivity contribution in [2.75, 3.05) is 7.11 Å². The van der Waals surface area contributed by atoms with Gasteiger partial charge in [0.25, 0.3) is 0 Å². The van der Waals surface area contributed by atoms with Gasteiger partial charge in [0.05, 0.1) is 7.11 Å². The van der Waals surface area contributed by atoms with Crippen LogP contribution in [0.25, 0.3) is 20.5 Å². The van der Waals surface area contributed by atoms with Gasteiger partial charge in [-0.2, -0.15) is 0 Å². The van der Waals surface area contributed by atoms with Gasteiger partial charge in [-0.3, -0.25) is 0 Å². The molecular formula is C22H18O2S. The van der Waals surface area contributed by atoms with Crippen LogP contribution in [0.5, 0.6) is 11.5 Å². The molecule has 0 atom stereocenters. The number of fused-ring (bicyclic) bond motifs is 1. The van der Waals surface area contributed by atoms with Gasteiger partial charge in [0.2, 0.25) is 0 Å². The molecule has 0 aliphatic carbocycles. The summed E-state index contributed by atoms with van der Waals surface area (Å²) >= 11 is 1.78. The molecule has 1 heterocycles. The van der Waals surface area contributed by atoms with E-state index in [9.17, 15) is 0 Å². The molecule has 0 aliphatic heterocycles. The Morgan fingerprint density at radius 1 is 0.840 bits per heavy atom. The molecule has 0 radical (unpaired) electrons. The molecule has 25 heavy (non-hydrogen) atoms. The molecule has 0 aliphatic rings. The number of rotatable bonds is 5. The normalized spacial score (nSPS) is 10.8. The van der Waals surface area contributed by atoms with Gasteiger partial charge in [-0.05, 0) is 35.2 Å². The summed E-state index contributed by atoms with van der Waals surface area (Å²) in [6.07, 6.45) is 0. The summed E-state index contributed by atoms with van der Waals surface area (Å²) in [7, 11) is 1.70. The number of hydrogen-bond donors (Lipinski definition) is 0. The van der Waals surface area contributed by atoms with Crippen LogP contribution in [0.3, 0.4) is 0 Å². The summed E-state index contributed by atoms with van der Waals surface area (Å²) in [5.74, 6) is 1.64.